The number of likely N-dealkylation sites (tertiary alicyclic amines) is 1. The number of hydrogen-bond donors (Lipinski definition) is 1. The molecule has 0 atom stereocenters. The zero-order valence-corrected chi connectivity index (χ0v) is 12.0. The normalized spacial score (nSPS) is 15.7. The third-order valence-electron chi connectivity index (χ3n) is 3.64. The van der Waals surface area contributed by atoms with Crippen molar-refractivity contribution in [2.45, 2.75) is 12.3 Å². The number of nitrogens with zero attached hydrogens (tertiary/aromatic N) is 3. The molecule has 3 rings (SSSR count). The van der Waals surface area contributed by atoms with Crippen LogP contribution < -0.4 is 5.32 Å². The summed E-state index contributed by atoms with van der Waals surface area (Å²) in [6.45, 7) is 2.01. The Balaban J connectivity index is 1.54. The van der Waals surface area contributed by atoms with Gasteiger partial charge in [0.1, 0.15) is 0 Å². The van der Waals surface area contributed by atoms with Gasteiger partial charge in [-0.3, -0.25) is 9.69 Å². The maximum Gasteiger partial charge on any atom is 0.233 e. The molecule has 0 bridgehead atoms. The molecule has 0 saturated carbocycles. The van der Waals surface area contributed by atoms with E-state index in [1.165, 1.54) is 5.56 Å². The Hall–Kier alpha value is -2.21. The van der Waals surface area contributed by atoms with Gasteiger partial charge in [-0.2, -0.15) is 4.98 Å². The van der Waals surface area contributed by atoms with Crippen molar-refractivity contribution in [2.75, 3.05) is 26.7 Å². The number of amides is 1. The highest BCUT2D eigenvalue weighted by Crippen LogP contribution is 2.25. The van der Waals surface area contributed by atoms with Crippen LogP contribution in [0.15, 0.2) is 34.9 Å². The molecular weight excluding hydrogens is 268 g/mol. The van der Waals surface area contributed by atoms with Gasteiger partial charge in [0.15, 0.2) is 5.82 Å². The summed E-state index contributed by atoms with van der Waals surface area (Å²) in [7, 11) is 1.65. The Morgan fingerprint density at radius 1 is 1.38 bits per heavy atom. The van der Waals surface area contributed by atoms with Crippen LogP contribution in [0.3, 0.4) is 0 Å². The van der Waals surface area contributed by atoms with E-state index in [0.29, 0.717) is 24.7 Å². The van der Waals surface area contributed by atoms with Crippen LogP contribution in [-0.2, 0) is 11.2 Å². The van der Waals surface area contributed by atoms with Crippen LogP contribution >= 0.6 is 0 Å². The molecule has 1 amide bonds. The zero-order valence-electron chi connectivity index (χ0n) is 12.0. The number of hydrogen-bond acceptors (Lipinski definition) is 5. The fourth-order valence-corrected chi connectivity index (χ4v) is 2.42. The topological polar surface area (TPSA) is 71.3 Å². The molecule has 6 heteroatoms. The van der Waals surface area contributed by atoms with Crippen molar-refractivity contribution >= 4 is 5.91 Å². The smallest absolute Gasteiger partial charge is 0.233 e. The first kappa shape index (κ1) is 13.8. The number of nitrogens with one attached hydrogen (secondary N) is 1. The second-order valence-corrected chi connectivity index (χ2v) is 5.28. The molecule has 6 nitrogen and oxygen atoms in total. The van der Waals surface area contributed by atoms with E-state index in [2.05, 4.69) is 20.4 Å². The highest BCUT2D eigenvalue weighted by molar-refractivity contribution is 5.77. The Morgan fingerprint density at radius 2 is 2.14 bits per heavy atom. The quantitative estimate of drug-likeness (QED) is 0.880. The summed E-state index contributed by atoms with van der Waals surface area (Å²) < 4.78 is 5.33. The first-order valence-corrected chi connectivity index (χ1v) is 7.04. The molecule has 0 unspecified atom stereocenters. The predicted octanol–water partition coefficient (Wildman–Crippen LogP) is 0.806. The highest BCUT2D eigenvalue weighted by atomic mass is 16.5. The molecule has 110 valence electrons. The molecule has 2 heterocycles. The van der Waals surface area contributed by atoms with E-state index in [4.69, 9.17) is 4.52 Å². The van der Waals surface area contributed by atoms with Gasteiger partial charge in [0.2, 0.25) is 11.8 Å². The lowest BCUT2D eigenvalue weighted by molar-refractivity contribution is -0.122. The maximum absolute atomic E-state index is 11.3. The lowest BCUT2D eigenvalue weighted by atomic mass is 10.0. The average molecular weight is 286 g/mol. The van der Waals surface area contributed by atoms with Crippen molar-refractivity contribution in [3.63, 3.8) is 0 Å². The largest absolute Gasteiger partial charge is 0.358 e. The van der Waals surface area contributed by atoms with Gasteiger partial charge in [0, 0.05) is 26.6 Å². The Kier molecular flexibility index (Phi) is 3.96. The molecule has 1 N–H and O–H groups in total. The summed E-state index contributed by atoms with van der Waals surface area (Å²) in [6.07, 6.45) is 0.680. The molecule has 0 aliphatic carbocycles. The zero-order chi connectivity index (χ0) is 14.7. The van der Waals surface area contributed by atoms with E-state index in [-0.39, 0.29) is 11.8 Å². The number of aromatic nitrogens is 2. The molecule has 21 heavy (non-hydrogen) atoms. The molecule has 0 spiro atoms. The molecule has 1 aliphatic heterocycles. The van der Waals surface area contributed by atoms with Crippen LogP contribution in [-0.4, -0.2) is 47.6 Å². The standard InChI is InChI=1S/C15H18N4O2/c1-16-14(20)10-19-8-12(9-19)15-17-13(18-21-15)7-11-5-3-2-4-6-11/h2-6,12H,7-10H2,1H3,(H,16,20). The van der Waals surface area contributed by atoms with Gasteiger partial charge in [0.05, 0.1) is 12.5 Å². The molecule has 1 aromatic carbocycles. The Labute approximate surface area is 123 Å². The van der Waals surface area contributed by atoms with Crippen molar-refractivity contribution in [3.8, 4) is 0 Å². The van der Waals surface area contributed by atoms with E-state index < -0.39 is 0 Å². The molecule has 1 aliphatic rings. The lowest BCUT2D eigenvalue weighted by Crippen LogP contribution is -2.49. The maximum atomic E-state index is 11.3. The molecule has 2 aromatic rings. The fourth-order valence-electron chi connectivity index (χ4n) is 2.42. The van der Waals surface area contributed by atoms with Gasteiger partial charge < -0.3 is 9.84 Å². The van der Waals surface area contributed by atoms with Crippen molar-refractivity contribution in [2.24, 2.45) is 0 Å². The third-order valence-corrected chi connectivity index (χ3v) is 3.64. The molecule has 1 aromatic heterocycles. The minimum Gasteiger partial charge on any atom is -0.358 e. The van der Waals surface area contributed by atoms with Crippen LogP contribution in [0.25, 0.3) is 0 Å². The van der Waals surface area contributed by atoms with Crippen molar-refractivity contribution in [1.29, 1.82) is 0 Å². The van der Waals surface area contributed by atoms with E-state index in [1.54, 1.807) is 7.05 Å². The van der Waals surface area contributed by atoms with Gasteiger partial charge in [-0.05, 0) is 5.56 Å². The van der Waals surface area contributed by atoms with Crippen LogP contribution in [0.4, 0.5) is 0 Å². The van der Waals surface area contributed by atoms with Gasteiger partial charge >= 0.3 is 0 Å². The van der Waals surface area contributed by atoms with Gasteiger partial charge in [-0.15, -0.1) is 0 Å². The second-order valence-electron chi connectivity index (χ2n) is 5.28. The van der Waals surface area contributed by atoms with Crippen molar-refractivity contribution in [3.05, 3.63) is 47.6 Å². The first-order chi connectivity index (χ1) is 10.2. The molecule has 1 fully saturated rings. The van der Waals surface area contributed by atoms with E-state index in [9.17, 15) is 4.79 Å². The first-order valence-electron chi connectivity index (χ1n) is 7.04. The number of carbonyl (C=O) groups excluding carboxylic acids is 1. The summed E-state index contributed by atoms with van der Waals surface area (Å²) in [4.78, 5) is 17.8. The van der Waals surface area contributed by atoms with Crippen molar-refractivity contribution < 1.29 is 9.32 Å². The van der Waals surface area contributed by atoms with Gasteiger partial charge in [-0.25, -0.2) is 0 Å². The minimum atomic E-state index is 0.0312. The van der Waals surface area contributed by atoms with Gasteiger partial charge in [0.25, 0.3) is 0 Å². The summed E-state index contributed by atoms with van der Waals surface area (Å²) in [5.41, 5.74) is 1.17. The van der Waals surface area contributed by atoms with Crippen LogP contribution in [0.5, 0.6) is 0 Å². The summed E-state index contributed by atoms with van der Waals surface area (Å²) in [5.74, 6) is 1.66. The fraction of sp³-hybridized carbons (Fsp3) is 0.400. The number of carbonyl (C=O) groups is 1. The lowest BCUT2D eigenvalue weighted by Gasteiger charge is -2.36. The predicted molar refractivity (Wildman–Crippen MR) is 76.8 cm³/mol. The van der Waals surface area contributed by atoms with E-state index >= 15 is 0 Å². The van der Waals surface area contributed by atoms with E-state index in [1.807, 2.05) is 30.3 Å². The molecular formula is C15H18N4O2. The number of benzene rings is 1. The molecule has 1 saturated heterocycles. The van der Waals surface area contributed by atoms with Crippen LogP contribution in [0.2, 0.25) is 0 Å². The monoisotopic (exact) mass is 286 g/mol. The highest BCUT2D eigenvalue weighted by Gasteiger charge is 2.33. The summed E-state index contributed by atoms with van der Waals surface area (Å²) in [5, 5.41) is 6.65. The number of likely N-dealkylation sites (N-methyl/N-ethyl adjacent to an activating group) is 1. The molecule has 0 radical (unpaired) electrons. The van der Waals surface area contributed by atoms with Crippen LogP contribution in [0, 0.1) is 0 Å². The van der Waals surface area contributed by atoms with Crippen molar-refractivity contribution in [1.82, 2.24) is 20.4 Å². The van der Waals surface area contributed by atoms with E-state index in [0.717, 1.165) is 13.1 Å². The Morgan fingerprint density at radius 3 is 2.86 bits per heavy atom. The summed E-state index contributed by atoms with van der Waals surface area (Å²) in [6, 6.07) is 10.1. The summed E-state index contributed by atoms with van der Waals surface area (Å²) >= 11 is 0. The SMILES string of the molecule is CNC(=O)CN1CC(c2nc(Cc3ccccc3)no2)C1. The second kappa shape index (κ2) is 6.05. The third kappa shape index (κ3) is 3.28. The van der Waals surface area contributed by atoms with Gasteiger partial charge in [-0.1, -0.05) is 35.5 Å². The minimum absolute atomic E-state index is 0.0312. The Bertz CT molecular complexity index is 605. The average Bonchev–Trinajstić information content (AvgIpc) is 2.91. The van der Waals surface area contributed by atoms with Crippen LogP contribution in [0.1, 0.15) is 23.2 Å². The number of rotatable bonds is 5.